The van der Waals surface area contributed by atoms with Crippen LogP contribution in [0.1, 0.15) is 32.4 Å². The minimum absolute atomic E-state index is 0.0306. The number of likely N-dealkylation sites (N-methyl/N-ethyl adjacent to an activating group) is 1. The molecule has 1 N–H and O–H groups in total. The van der Waals surface area contributed by atoms with Crippen LogP contribution >= 0.6 is 0 Å². The molecule has 5 heteroatoms. The molecule has 0 spiro atoms. The Morgan fingerprint density at radius 1 is 1.11 bits per heavy atom. The molecule has 2 atom stereocenters. The number of para-hydroxylation sites is 2. The van der Waals surface area contributed by atoms with Gasteiger partial charge < -0.3 is 19.7 Å². The molecule has 5 nitrogen and oxygen atoms in total. The Morgan fingerprint density at radius 2 is 1.78 bits per heavy atom. The molecule has 2 aromatic rings. The van der Waals surface area contributed by atoms with Crippen molar-refractivity contribution in [3.8, 4) is 11.5 Å². The van der Waals surface area contributed by atoms with Gasteiger partial charge >= 0.3 is 6.03 Å². The summed E-state index contributed by atoms with van der Waals surface area (Å²) in [5.41, 5.74) is 1.11. The number of hydrogen-bond acceptors (Lipinski definition) is 3. The van der Waals surface area contributed by atoms with E-state index in [1.54, 1.807) is 4.90 Å². The highest BCUT2D eigenvalue weighted by Gasteiger charge is 2.26. The number of hydrogen-bond donors (Lipinski definition) is 1. The molecule has 1 aliphatic heterocycles. The summed E-state index contributed by atoms with van der Waals surface area (Å²) in [5, 5.41) is 3.18. The fourth-order valence-electron chi connectivity index (χ4n) is 3.27. The third-order valence-electron chi connectivity index (χ3n) is 4.76. The number of nitrogens with one attached hydrogen (secondary N) is 1. The highest BCUT2D eigenvalue weighted by Crippen LogP contribution is 2.31. The second-order valence-electron chi connectivity index (χ2n) is 7.12. The summed E-state index contributed by atoms with van der Waals surface area (Å²) in [4.78, 5) is 14.7. The molecule has 0 radical (unpaired) electrons. The third-order valence-corrected chi connectivity index (χ3v) is 4.76. The second kappa shape index (κ2) is 8.80. The zero-order valence-electron chi connectivity index (χ0n) is 16.2. The first-order chi connectivity index (χ1) is 13.1. The molecule has 2 aromatic carbocycles. The van der Waals surface area contributed by atoms with Crippen LogP contribution in [0.15, 0.2) is 54.6 Å². The molecule has 3 rings (SSSR count). The average molecular weight is 368 g/mol. The first-order valence-corrected chi connectivity index (χ1v) is 9.57. The zero-order valence-corrected chi connectivity index (χ0v) is 16.2. The lowest BCUT2D eigenvalue weighted by Crippen LogP contribution is -2.48. The number of fused-ring (bicyclic) bond motifs is 1. The Kier molecular flexibility index (Phi) is 6.22. The van der Waals surface area contributed by atoms with Crippen molar-refractivity contribution < 1.29 is 14.3 Å². The van der Waals surface area contributed by atoms with Gasteiger partial charge in [0, 0.05) is 6.54 Å². The first kappa shape index (κ1) is 19.1. The highest BCUT2D eigenvalue weighted by molar-refractivity contribution is 5.74. The molecule has 27 heavy (non-hydrogen) atoms. The predicted octanol–water partition coefficient (Wildman–Crippen LogP) is 4.26. The minimum Gasteiger partial charge on any atom is -0.486 e. The number of carbonyl (C=O) groups is 1. The van der Waals surface area contributed by atoms with E-state index in [4.69, 9.17) is 9.47 Å². The largest absolute Gasteiger partial charge is 0.486 e. The van der Waals surface area contributed by atoms with Crippen LogP contribution in [-0.2, 0) is 0 Å². The SMILES string of the molecule is CCN(CC1COc2ccccc2O1)C(=O)NC(c1ccccc1)C(C)C. The van der Waals surface area contributed by atoms with E-state index in [9.17, 15) is 4.79 Å². The van der Waals surface area contributed by atoms with E-state index >= 15 is 0 Å². The maximum atomic E-state index is 12.9. The van der Waals surface area contributed by atoms with Crippen LogP contribution < -0.4 is 14.8 Å². The topological polar surface area (TPSA) is 50.8 Å². The number of amides is 2. The molecule has 0 saturated heterocycles. The number of urea groups is 1. The van der Waals surface area contributed by atoms with Crippen molar-refractivity contribution in [1.29, 1.82) is 0 Å². The fraction of sp³-hybridized carbons (Fsp3) is 0.409. The monoisotopic (exact) mass is 368 g/mol. The lowest BCUT2D eigenvalue weighted by atomic mass is 9.96. The van der Waals surface area contributed by atoms with Crippen LogP contribution in [0.4, 0.5) is 4.79 Å². The number of benzene rings is 2. The highest BCUT2D eigenvalue weighted by atomic mass is 16.6. The van der Waals surface area contributed by atoms with Crippen molar-refractivity contribution in [1.82, 2.24) is 10.2 Å². The van der Waals surface area contributed by atoms with Gasteiger partial charge in [-0.2, -0.15) is 0 Å². The van der Waals surface area contributed by atoms with Gasteiger partial charge in [0.05, 0.1) is 12.6 Å². The smallest absolute Gasteiger partial charge is 0.318 e. The average Bonchev–Trinajstić information content (AvgIpc) is 2.70. The molecule has 0 fully saturated rings. The van der Waals surface area contributed by atoms with Crippen LogP contribution in [-0.4, -0.2) is 36.7 Å². The molecule has 144 valence electrons. The summed E-state index contributed by atoms with van der Waals surface area (Å²) in [7, 11) is 0. The molecule has 1 aliphatic rings. The van der Waals surface area contributed by atoms with E-state index in [-0.39, 0.29) is 24.1 Å². The Morgan fingerprint density at radius 3 is 2.44 bits per heavy atom. The van der Waals surface area contributed by atoms with Crippen LogP contribution in [0.2, 0.25) is 0 Å². The van der Waals surface area contributed by atoms with E-state index < -0.39 is 0 Å². The van der Waals surface area contributed by atoms with E-state index in [0.717, 1.165) is 17.1 Å². The lowest BCUT2D eigenvalue weighted by Gasteiger charge is -2.32. The van der Waals surface area contributed by atoms with Crippen molar-refractivity contribution in [3.63, 3.8) is 0 Å². The zero-order chi connectivity index (χ0) is 19.2. The first-order valence-electron chi connectivity index (χ1n) is 9.57. The van der Waals surface area contributed by atoms with Crippen LogP contribution in [0.5, 0.6) is 11.5 Å². The van der Waals surface area contributed by atoms with Crippen molar-refractivity contribution >= 4 is 6.03 Å². The predicted molar refractivity (Wildman–Crippen MR) is 106 cm³/mol. The molecule has 0 saturated carbocycles. The van der Waals surface area contributed by atoms with Crippen LogP contribution in [0.3, 0.4) is 0 Å². The molecule has 0 bridgehead atoms. The maximum absolute atomic E-state index is 12.9. The fourth-order valence-corrected chi connectivity index (χ4v) is 3.27. The summed E-state index contributed by atoms with van der Waals surface area (Å²) >= 11 is 0. The number of nitrogens with zero attached hydrogens (tertiary/aromatic N) is 1. The van der Waals surface area contributed by atoms with Gasteiger partial charge in [0.25, 0.3) is 0 Å². The molecular formula is C22H28N2O3. The summed E-state index contributed by atoms with van der Waals surface area (Å²) in [6, 6.07) is 17.6. The van der Waals surface area contributed by atoms with Crippen molar-refractivity contribution in [2.45, 2.75) is 32.9 Å². The Hall–Kier alpha value is -2.69. The molecule has 0 aromatic heterocycles. The van der Waals surface area contributed by atoms with Gasteiger partial charge in [-0.15, -0.1) is 0 Å². The Bertz CT molecular complexity index is 748. The van der Waals surface area contributed by atoms with Crippen molar-refractivity contribution in [2.75, 3.05) is 19.7 Å². The van der Waals surface area contributed by atoms with Crippen LogP contribution in [0.25, 0.3) is 0 Å². The summed E-state index contributed by atoms with van der Waals surface area (Å²) < 4.78 is 11.8. The quantitative estimate of drug-likeness (QED) is 0.829. The third kappa shape index (κ3) is 4.73. The molecule has 2 amide bonds. The standard InChI is InChI=1S/C22H28N2O3/c1-4-24(14-18-15-26-19-12-8-9-13-20(19)27-18)22(25)23-21(16(2)3)17-10-6-5-7-11-17/h5-13,16,18,21H,4,14-15H2,1-3H3,(H,23,25). The summed E-state index contributed by atoms with van der Waals surface area (Å²) in [6.45, 7) is 7.73. The minimum atomic E-state index is -0.181. The van der Waals surface area contributed by atoms with Gasteiger partial charge in [0.1, 0.15) is 6.61 Å². The Balaban J connectivity index is 1.64. The van der Waals surface area contributed by atoms with E-state index in [1.165, 1.54) is 0 Å². The van der Waals surface area contributed by atoms with Crippen molar-refractivity contribution in [2.24, 2.45) is 5.92 Å². The van der Waals surface area contributed by atoms with Gasteiger partial charge in [-0.05, 0) is 30.5 Å². The maximum Gasteiger partial charge on any atom is 0.318 e. The van der Waals surface area contributed by atoms with Gasteiger partial charge in [0.2, 0.25) is 0 Å². The number of rotatable bonds is 6. The molecule has 2 unspecified atom stereocenters. The summed E-state index contributed by atoms with van der Waals surface area (Å²) in [5.74, 6) is 1.77. The van der Waals surface area contributed by atoms with Gasteiger partial charge in [-0.25, -0.2) is 4.79 Å². The van der Waals surface area contributed by atoms with Crippen LogP contribution in [0, 0.1) is 5.92 Å². The normalized spacial score (nSPS) is 16.7. The number of ether oxygens (including phenoxy) is 2. The van der Waals surface area contributed by atoms with Crippen molar-refractivity contribution in [3.05, 3.63) is 60.2 Å². The summed E-state index contributed by atoms with van der Waals surface area (Å²) in [6.07, 6.45) is -0.181. The molecular weight excluding hydrogens is 340 g/mol. The molecule has 1 heterocycles. The van der Waals surface area contributed by atoms with E-state index in [2.05, 4.69) is 31.3 Å². The van der Waals surface area contributed by atoms with E-state index in [0.29, 0.717) is 19.7 Å². The van der Waals surface area contributed by atoms with Gasteiger partial charge in [-0.1, -0.05) is 56.3 Å². The Labute approximate surface area is 161 Å². The molecule has 0 aliphatic carbocycles. The second-order valence-corrected chi connectivity index (χ2v) is 7.12. The van der Waals surface area contributed by atoms with E-state index in [1.807, 2.05) is 49.4 Å². The van der Waals surface area contributed by atoms with Gasteiger partial charge in [-0.3, -0.25) is 0 Å². The van der Waals surface area contributed by atoms with Gasteiger partial charge in [0.15, 0.2) is 17.6 Å². The number of carbonyl (C=O) groups excluding carboxylic acids is 1. The lowest BCUT2D eigenvalue weighted by molar-refractivity contribution is 0.0669.